The van der Waals surface area contributed by atoms with E-state index < -0.39 is 0 Å². The van der Waals surface area contributed by atoms with Gasteiger partial charge in [-0.15, -0.1) is 0 Å². The van der Waals surface area contributed by atoms with E-state index in [1.54, 1.807) is 0 Å². The van der Waals surface area contributed by atoms with Gasteiger partial charge in [0, 0.05) is 18.1 Å². The van der Waals surface area contributed by atoms with E-state index in [9.17, 15) is 4.79 Å². The van der Waals surface area contributed by atoms with Crippen LogP contribution < -0.4 is 11.1 Å². The molecule has 1 amide bonds. The number of carbonyl (C=O) groups is 1. The molecule has 1 aliphatic carbocycles. The molecular formula is C11H18N4O3. The Labute approximate surface area is 105 Å². The van der Waals surface area contributed by atoms with Gasteiger partial charge >= 0.3 is 0 Å². The molecule has 7 heteroatoms. The van der Waals surface area contributed by atoms with Gasteiger partial charge in [-0.3, -0.25) is 4.79 Å². The second-order valence-corrected chi connectivity index (χ2v) is 5.03. The lowest BCUT2D eigenvalue weighted by atomic mass is 9.64. The predicted molar refractivity (Wildman–Crippen MR) is 63.8 cm³/mol. The Kier molecular flexibility index (Phi) is 3.25. The van der Waals surface area contributed by atoms with Gasteiger partial charge in [-0.2, -0.15) is 0 Å². The van der Waals surface area contributed by atoms with Gasteiger partial charge in [-0.25, -0.2) is 4.63 Å². The molecular weight excluding hydrogens is 236 g/mol. The van der Waals surface area contributed by atoms with E-state index in [1.807, 2.05) is 6.92 Å². The molecule has 0 spiro atoms. The van der Waals surface area contributed by atoms with E-state index >= 15 is 0 Å². The third kappa shape index (κ3) is 2.05. The van der Waals surface area contributed by atoms with Crippen LogP contribution in [0.3, 0.4) is 0 Å². The fourth-order valence-corrected chi connectivity index (χ4v) is 2.19. The van der Waals surface area contributed by atoms with Crippen molar-refractivity contribution >= 4 is 11.7 Å². The Morgan fingerprint density at radius 3 is 2.83 bits per heavy atom. The highest BCUT2D eigenvalue weighted by molar-refractivity contribution is 5.96. The first-order chi connectivity index (χ1) is 8.46. The maximum atomic E-state index is 11.9. The summed E-state index contributed by atoms with van der Waals surface area (Å²) < 4.78 is 10.00. The maximum absolute atomic E-state index is 11.9. The van der Waals surface area contributed by atoms with Crippen molar-refractivity contribution in [3.63, 3.8) is 0 Å². The molecule has 100 valence electrons. The molecule has 1 fully saturated rings. The van der Waals surface area contributed by atoms with Gasteiger partial charge in [0.25, 0.3) is 5.91 Å². The third-order valence-electron chi connectivity index (χ3n) is 3.58. The molecule has 0 aliphatic heterocycles. The Bertz CT molecular complexity index is 443. The standard InChI is InChI=1S/C11H18N4O3/c1-4-17-7-5-6(11(7,2)3)13-10(16)8-9(12)15-18-14-8/h6-7H,4-5H2,1-3H3,(H2,12,15)(H,13,16). The number of amides is 1. The van der Waals surface area contributed by atoms with Crippen LogP contribution in [0.4, 0.5) is 5.82 Å². The lowest BCUT2D eigenvalue weighted by Crippen LogP contribution is -2.62. The number of nitrogens with one attached hydrogen (secondary N) is 1. The molecule has 7 nitrogen and oxygen atoms in total. The zero-order valence-electron chi connectivity index (χ0n) is 10.8. The lowest BCUT2D eigenvalue weighted by molar-refractivity contribution is -0.111. The Morgan fingerprint density at radius 1 is 1.61 bits per heavy atom. The van der Waals surface area contributed by atoms with Gasteiger partial charge in [0.15, 0.2) is 0 Å². The summed E-state index contributed by atoms with van der Waals surface area (Å²) in [7, 11) is 0. The maximum Gasteiger partial charge on any atom is 0.277 e. The topological polar surface area (TPSA) is 103 Å². The van der Waals surface area contributed by atoms with Crippen molar-refractivity contribution in [3.05, 3.63) is 5.69 Å². The average Bonchev–Trinajstić information content (AvgIpc) is 2.74. The first-order valence-electron chi connectivity index (χ1n) is 5.97. The van der Waals surface area contributed by atoms with E-state index in [4.69, 9.17) is 10.5 Å². The summed E-state index contributed by atoms with van der Waals surface area (Å²) in [5.74, 6) is -0.354. The highest BCUT2D eigenvalue weighted by atomic mass is 16.6. The van der Waals surface area contributed by atoms with Crippen molar-refractivity contribution < 1.29 is 14.2 Å². The van der Waals surface area contributed by atoms with Crippen LogP contribution in [0.2, 0.25) is 0 Å². The quantitative estimate of drug-likeness (QED) is 0.814. The normalized spacial score (nSPS) is 25.5. The number of hydrogen-bond donors (Lipinski definition) is 2. The molecule has 1 aliphatic rings. The molecule has 2 atom stereocenters. The summed E-state index contributed by atoms with van der Waals surface area (Å²) in [5, 5.41) is 9.73. The minimum absolute atomic E-state index is 0.00554. The highest BCUT2D eigenvalue weighted by Gasteiger charge is 2.49. The fraction of sp³-hybridized carbons (Fsp3) is 0.727. The largest absolute Gasteiger partial charge is 0.379 e. The SMILES string of the molecule is CCOC1CC(NC(=O)c2nonc2N)C1(C)C. The van der Waals surface area contributed by atoms with Crippen molar-refractivity contribution in [1.82, 2.24) is 15.6 Å². The Morgan fingerprint density at radius 2 is 2.33 bits per heavy atom. The number of nitrogens with zero attached hydrogens (tertiary/aromatic N) is 2. The molecule has 1 saturated carbocycles. The molecule has 0 aromatic carbocycles. The molecule has 0 radical (unpaired) electrons. The van der Waals surface area contributed by atoms with Crippen molar-refractivity contribution in [2.45, 2.75) is 39.3 Å². The number of aromatic nitrogens is 2. The van der Waals surface area contributed by atoms with Crippen molar-refractivity contribution in [3.8, 4) is 0 Å². The van der Waals surface area contributed by atoms with Crippen LogP contribution in [0, 0.1) is 5.41 Å². The minimum Gasteiger partial charge on any atom is -0.379 e. The monoisotopic (exact) mass is 254 g/mol. The van der Waals surface area contributed by atoms with E-state index in [0.29, 0.717) is 6.61 Å². The van der Waals surface area contributed by atoms with Gasteiger partial charge in [0.2, 0.25) is 11.5 Å². The second-order valence-electron chi connectivity index (χ2n) is 5.03. The van der Waals surface area contributed by atoms with E-state index in [-0.39, 0.29) is 35.0 Å². The van der Waals surface area contributed by atoms with Crippen LogP contribution in [-0.2, 0) is 4.74 Å². The number of nitrogen functional groups attached to an aromatic ring is 1. The van der Waals surface area contributed by atoms with Gasteiger partial charge < -0.3 is 15.8 Å². The molecule has 1 aromatic heterocycles. The van der Waals surface area contributed by atoms with Crippen LogP contribution in [0.1, 0.15) is 37.7 Å². The Balaban J connectivity index is 1.96. The van der Waals surface area contributed by atoms with Crippen LogP contribution in [-0.4, -0.2) is 35.0 Å². The highest BCUT2D eigenvalue weighted by Crippen LogP contribution is 2.42. The smallest absolute Gasteiger partial charge is 0.277 e. The number of rotatable bonds is 4. The van der Waals surface area contributed by atoms with Crippen LogP contribution in [0.15, 0.2) is 4.63 Å². The molecule has 0 saturated heterocycles. The van der Waals surface area contributed by atoms with Gasteiger partial charge in [-0.1, -0.05) is 13.8 Å². The summed E-state index contributed by atoms with van der Waals surface area (Å²) >= 11 is 0. The summed E-state index contributed by atoms with van der Waals surface area (Å²) in [4.78, 5) is 11.9. The zero-order valence-corrected chi connectivity index (χ0v) is 10.8. The van der Waals surface area contributed by atoms with Crippen molar-refractivity contribution in [2.75, 3.05) is 12.3 Å². The van der Waals surface area contributed by atoms with Crippen LogP contribution in [0.25, 0.3) is 0 Å². The Hall–Kier alpha value is -1.63. The molecule has 2 unspecified atom stereocenters. The predicted octanol–water partition coefficient (Wildman–Crippen LogP) is 0.585. The molecule has 1 heterocycles. The molecule has 0 bridgehead atoms. The summed E-state index contributed by atoms with van der Waals surface area (Å²) in [5.41, 5.74) is 5.40. The lowest BCUT2D eigenvalue weighted by Gasteiger charge is -2.51. The van der Waals surface area contributed by atoms with Gasteiger partial charge in [0.05, 0.1) is 6.10 Å². The number of anilines is 1. The number of carbonyl (C=O) groups excluding carboxylic acids is 1. The molecule has 2 rings (SSSR count). The summed E-state index contributed by atoms with van der Waals surface area (Å²) in [6.45, 7) is 6.76. The van der Waals surface area contributed by atoms with E-state index in [2.05, 4.69) is 34.1 Å². The van der Waals surface area contributed by atoms with Crippen LogP contribution >= 0.6 is 0 Å². The van der Waals surface area contributed by atoms with Crippen molar-refractivity contribution in [1.29, 1.82) is 0 Å². The third-order valence-corrected chi connectivity index (χ3v) is 3.58. The minimum atomic E-state index is -0.359. The first kappa shape index (κ1) is 12.8. The first-order valence-corrected chi connectivity index (χ1v) is 5.97. The van der Waals surface area contributed by atoms with Crippen LogP contribution in [0.5, 0.6) is 0 Å². The second kappa shape index (κ2) is 4.56. The number of hydrogen-bond acceptors (Lipinski definition) is 6. The summed E-state index contributed by atoms with van der Waals surface area (Å²) in [6, 6.07) is 0.0395. The zero-order chi connectivity index (χ0) is 13.3. The number of nitrogens with two attached hydrogens (primary N) is 1. The van der Waals surface area contributed by atoms with Gasteiger partial charge in [0.1, 0.15) is 0 Å². The molecule has 1 aromatic rings. The number of ether oxygens (including phenoxy) is 1. The fourth-order valence-electron chi connectivity index (χ4n) is 2.19. The summed E-state index contributed by atoms with van der Waals surface area (Å²) in [6.07, 6.45) is 0.957. The average molecular weight is 254 g/mol. The van der Waals surface area contributed by atoms with Crippen molar-refractivity contribution in [2.24, 2.45) is 5.41 Å². The molecule has 3 N–H and O–H groups in total. The van der Waals surface area contributed by atoms with Gasteiger partial charge in [-0.05, 0) is 23.7 Å². The molecule has 18 heavy (non-hydrogen) atoms. The van der Waals surface area contributed by atoms with E-state index in [0.717, 1.165) is 6.42 Å². The van der Waals surface area contributed by atoms with E-state index in [1.165, 1.54) is 0 Å².